The summed E-state index contributed by atoms with van der Waals surface area (Å²) in [6.45, 7) is -1.89. The number of hydrogen-bond acceptors (Lipinski definition) is 4. The van der Waals surface area contributed by atoms with Gasteiger partial charge in [0.25, 0.3) is 0 Å². The van der Waals surface area contributed by atoms with Crippen LogP contribution in [0, 0.1) is 0 Å². The molecule has 3 amide bonds. The molecule has 0 unspecified atom stereocenters. The van der Waals surface area contributed by atoms with Gasteiger partial charge in [0.05, 0.1) is 12.2 Å². The molecule has 116 valence electrons. The first-order valence-corrected chi connectivity index (χ1v) is 5.87. The van der Waals surface area contributed by atoms with Crippen LogP contribution in [0.5, 0.6) is 5.75 Å². The minimum Gasteiger partial charge on any atom is -0.482 e. The number of rotatable bonds is 5. The van der Waals surface area contributed by atoms with Crippen LogP contribution in [0.1, 0.15) is 0 Å². The van der Waals surface area contributed by atoms with Crippen molar-refractivity contribution in [1.82, 2.24) is 5.32 Å². The molecule has 10 heteroatoms. The summed E-state index contributed by atoms with van der Waals surface area (Å²) >= 11 is 5.71. The second-order valence-corrected chi connectivity index (χ2v) is 4.25. The molecular weight excluding hydrogens is 315 g/mol. The normalized spacial score (nSPS) is 10.9. The quantitative estimate of drug-likeness (QED) is 0.770. The van der Waals surface area contributed by atoms with Gasteiger partial charge in [0.1, 0.15) is 5.75 Å². The maximum atomic E-state index is 12.1. The van der Waals surface area contributed by atoms with E-state index in [4.69, 9.17) is 17.3 Å². The Morgan fingerprint density at radius 3 is 2.57 bits per heavy atom. The van der Waals surface area contributed by atoms with Crippen LogP contribution in [0.25, 0.3) is 0 Å². The highest BCUT2D eigenvalue weighted by atomic mass is 35.5. The molecule has 0 aliphatic carbocycles. The molecule has 6 nitrogen and oxygen atoms in total. The smallest absolute Gasteiger partial charge is 0.422 e. The summed E-state index contributed by atoms with van der Waals surface area (Å²) in [5.41, 5.74) is 4.82. The number of alkyl halides is 3. The minimum absolute atomic E-state index is 0.0753. The standard InChI is InChI=1S/C11H11ClF3N3O3/c12-6-1-2-8(21-5-11(13,14)15)7(3-6)17-4-9(19)18-10(16)20/h1-3,17H,4-5H2,(H3,16,18,19,20). The highest BCUT2D eigenvalue weighted by Crippen LogP contribution is 2.29. The molecule has 0 aliphatic heterocycles. The lowest BCUT2D eigenvalue weighted by molar-refractivity contribution is -0.153. The van der Waals surface area contributed by atoms with Crippen molar-refractivity contribution in [3.63, 3.8) is 0 Å². The van der Waals surface area contributed by atoms with Gasteiger partial charge >= 0.3 is 12.2 Å². The molecule has 0 radical (unpaired) electrons. The van der Waals surface area contributed by atoms with Crippen molar-refractivity contribution < 1.29 is 27.5 Å². The number of nitrogens with two attached hydrogens (primary N) is 1. The van der Waals surface area contributed by atoms with E-state index in [-0.39, 0.29) is 16.5 Å². The van der Waals surface area contributed by atoms with Crippen LogP contribution in [0.4, 0.5) is 23.7 Å². The first-order valence-electron chi connectivity index (χ1n) is 5.49. The van der Waals surface area contributed by atoms with E-state index in [2.05, 4.69) is 10.1 Å². The largest absolute Gasteiger partial charge is 0.482 e. The third kappa shape index (κ3) is 6.70. The number of amides is 3. The summed E-state index contributed by atoms with van der Waals surface area (Å²) in [5, 5.41) is 4.51. The summed E-state index contributed by atoms with van der Waals surface area (Å²) in [7, 11) is 0. The predicted octanol–water partition coefficient (Wildman–Crippen LogP) is 1.89. The maximum absolute atomic E-state index is 12.1. The van der Waals surface area contributed by atoms with Crippen molar-refractivity contribution in [1.29, 1.82) is 0 Å². The van der Waals surface area contributed by atoms with E-state index in [1.807, 2.05) is 0 Å². The fourth-order valence-corrected chi connectivity index (χ4v) is 1.46. The molecule has 0 heterocycles. The number of urea groups is 1. The highest BCUT2D eigenvalue weighted by Gasteiger charge is 2.28. The van der Waals surface area contributed by atoms with E-state index in [0.29, 0.717) is 0 Å². The van der Waals surface area contributed by atoms with Gasteiger partial charge in [-0.1, -0.05) is 11.6 Å². The summed E-state index contributed by atoms with van der Waals surface area (Å²) in [6, 6.07) is 2.80. The number of imide groups is 1. The molecule has 1 aromatic carbocycles. The Morgan fingerprint density at radius 1 is 1.33 bits per heavy atom. The van der Waals surface area contributed by atoms with Crippen LogP contribution >= 0.6 is 11.6 Å². The lowest BCUT2D eigenvalue weighted by atomic mass is 10.3. The van der Waals surface area contributed by atoms with Crippen LogP contribution in [-0.4, -0.2) is 31.3 Å². The van der Waals surface area contributed by atoms with Crippen molar-refractivity contribution >= 4 is 29.2 Å². The highest BCUT2D eigenvalue weighted by molar-refractivity contribution is 6.30. The Bertz CT molecular complexity index is 537. The number of hydrogen-bond donors (Lipinski definition) is 3. The molecule has 0 bridgehead atoms. The second kappa shape index (κ2) is 7.02. The van der Waals surface area contributed by atoms with Gasteiger partial charge in [0, 0.05) is 5.02 Å². The van der Waals surface area contributed by atoms with E-state index in [0.717, 1.165) is 0 Å². The molecule has 4 N–H and O–H groups in total. The van der Waals surface area contributed by atoms with Crippen LogP contribution < -0.4 is 21.1 Å². The van der Waals surface area contributed by atoms with Crippen molar-refractivity contribution in [3.8, 4) is 5.75 Å². The molecule has 0 fully saturated rings. The summed E-state index contributed by atoms with van der Waals surface area (Å²) in [5.74, 6) is -0.896. The topological polar surface area (TPSA) is 93.5 Å². The Labute approximate surface area is 122 Å². The summed E-state index contributed by atoms with van der Waals surface area (Å²) < 4.78 is 41.0. The van der Waals surface area contributed by atoms with Gasteiger partial charge in [0.15, 0.2) is 6.61 Å². The SMILES string of the molecule is NC(=O)NC(=O)CNc1cc(Cl)ccc1OCC(F)(F)F. The average molecular weight is 326 g/mol. The first-order chi connectivity index (χ1) is 9.67. The summed E-state index contributed by atoms with van der Waals surface area (Å²) in [6.07, 6.45) is -4.50. The first kappa shape index (κ1) is 16.9. The van der Waals surface area contributed by atoms with Crippen LogP contribution in [0.15, 0.2) is 18.2 Å². The lowest BCUT2D eigenvalue weighted by Gasteiger charge is -2.14. The van der Waals surface area contributed by atoms with E-state index in [1.165, 1.54) is 18.2 Å². The van der Waals surface area contributed by atoms with Crippen molar-refractivity contribution in [3.05, 3.63) is 23.2 Å². The molecule has 0 aromatic heterocycles. The Balaban J connectivity index is 2.73. The van der Waals surface area contributed by atoms with Crippen LogP contribution in [0.2, 0.25) is 5.02 Å². The molecule has 21 heavy (non-hydrogen) atoms. The molecule has 0 saturated heterocycles. The zero-order chi connectivity index (χ0) is 16.0. The van der Waals surface area contributed by atoms with Gasteiger partial charge < -0.3 is 15.8 Å². The van der Waals surface area contributed by atoms with E-state index < -0.39 is 31.3 Å². The number of benzene rings is 1. The summed E-state index contributed by atoms with van der Waals surface area (Å²) in [4.78, 5) is 21.7. The van der Waals surface area contributed by atoms with Gasteiger partial charge in [-0.25, -0.2) is 4.79 Å². The van der Waals surface area contributed by atoms with Crippen LogP contribution in [0.3, 0.4) is 0 Å². The Hall–Kier alpha value is -2.16. The third-order valence-electron chi connectivity index (χ3n) is 2.03. The molecule has 0 spiro atoms. The number of carbonyl (C=O) groups excluding carboxylic acids is 2. The monoisotopic (exact) mass is 325 g/mol. The van der Waals surface area contributed by atoms with E-state index in [1.54, 1.807) is 5.32 Å². The minimum atomic E-state index is -4.50. The zero-order valence-electron chi connectivity index (χ0n) is 10.5. The van der Waals surface area contributed by atoms with Gasteiger partial charge in [-0.15, -0.1) is 0 Å². The maximum Gasteiger partial charge on any atom is 0.422 e. The lowest BCUT2D eigenvalue weighted by Crippen LogP contribution is -2.38. The zero-order valence-corrected chi connectivity index (χ0v) is 11.2. The number of ether oxygens (including phenoxy) is 1. The third-order valence-corrected chi connectivity index (χ3v) is 2.27. The van der Waals surface area contributed by atoms with E-state index in [9.17, 15) is 22.8 Å². The number of primary amides is 1. The van der Waals surface area contributed by atoms with Gasteiger partial charge in [-0.2, -0.15) is 13.2 Å². The van der Waals surface area contributed by atoms with E-state index >= 15 is 0 Å². The molecule has 0 atom stereocenters. The van der Waals surface area contributed by atoms with Gasteiger partial charge in [-0.05, 0) is 18.2 Å². The molecule has 1 aromatic rings. The van der Waals surface area contributed by atoms with Crippen LogP contribution in [-0.2, 0) is 4.79 Å². The fraction of sp³-hybridized carbons (Fsp3) is 0.273. The molecule has 0 saturated carbocycles. The van der Waals surface area contributed by atoms with Gasteiger partial charge in [0.2, 0.25) is 5.91 Å². The Kier molecular flexibility index (Phi) is 5.65. The fourth-order valence-electron chi connectivity index (χ4n) is 1.28. The number of carbonyl (C=O) groups is 2. The molecule has 1 rings (SSSR count). The van der Waals surface area contributed by atoms with Crippen molar-refractivity contribution in [2.75, 3.05) is 18.5 Å². The number of anilines is 1. The van der Waals surface area contributed by atoms with Gasteiger partial charge in [-0.3, -0.25) is 10.1 Å². The average Bonchev–Trinajstić information content (AvgIpc) is 2.33. The number of nitrogens with one attached hydrogen (secondary N) is 2. The van der Waals surface area contributed by atoms with Crippen molar-refractivity contribution in [2.24, 2.45) is 5.73 Å². The second-order valence-electron chi connectivity index (χ2n) is 3.81. The van der Waals surface area contributed by atoms with Crippen molar-refractivity contribution in [2.45, 2.75) is 6.18 Å². The molecular formula is C11H11ClF3N3O3. The number of halogens is 4. The predicted molar refractivity (Wildman–Crippen MR) is 69.2 cm³/mol. The Morgan fingerprint density at radius 2 is 2.00 bits per heavy atom. The molecule has 0 aliphatic rings.